The first kappa shape index (κ1) is 16.1. The predicted octanol–water partition coefficient (Wildman–Crippen LogP) is 1.34. The number of rotatable bonds is 2. The molecule has 1 saturated carbocycles. The van der Waals surface area contributed by atoms with E-state index in [9.17, 15) is 27.6 Å². The van der Waals surface area contributed by atoms with Gasteiger partial charge in [0.2, 0.25) is 5.91 Å². The maximum Gasteiger partial charge on any atom is 0.431 e. The van der Waals surface area contributed by atoms with E-state index >= 15 is 0 Å². The van der Waals surface area contributed by atoms with Gasteiger partial charge in [-0.3, -0.25) is 25.2 Å². The Morgan fingerprint density at radius 1 is 1.14 bits per heavy atom. The summed E-state index contributed by atoms with van der Waals surface area (Å²) in [6, 6.07) is 1.35. The Morgan fingerprint density at radius 3 is 2.32 bits per heavy atom. The highest BCUT2D eigenvalue weighted by atomic mass is 19.4. The van der Waals surface area contributed by atoms with Crippen LogP contribution >= 0.6 is 0 Å². The molecule has 0 unspecified atom stereocenters. The summed E-state index contributed by atoms with van der Waals surface area (Å²) in [4.78, 5) is 36.5. The number of hydrogen-bond acceptors (Lipinski definition) is 3. The first-order valence-corrected chi connectivity index (χ1v) is 6.70. The van der Waals surface area contributed by atoms with Crippen molar-refractivity contribution in [3.63, 3.8) is 0 Å². The molecule has 2 rings (SSSR count). The SMILES string of the molecule is O=C(NNC(=O)C1CCCC1)c1ccc(C(F)(F)F)[nH]c1=O. The van der Waals surface area contributed by atoms with Crippen LogP contribution in [0.5, 0.6) is 0 Å². The molecule has 2 amide bonds. The molecule has 0 spiro atoms. The molecule has 1 aromatic rings. The fraction of sp³-hybridized carbons (Fsp3) is 0.462. The average Bonchev–Trinajstić information content (AvgIpc) is 2.97. The van der Waals surface area contributed by atoms with Crippen LogP contribution in [0.4, 0.5) is 13.2 Å². The summed E-state index contributed by atoms with van der Waals surface area (Å²) in [5.74, 6) is -1.53. The van der Waals surface area contributed by atoms with Gasteiger partial charge in [-0.25, -0.2) is 0 Å². The molecule has 0 bridgehead atoms. The monoisotopic (exact) mass is 317 g/mol. The van der Waals surface area contributed by atoms with Crippen LogP contribution in [0.25, 0.3) is 0 Å². The van der Waals surface area contributed by atoms with Crippen LogP contribution in [0.1, 0.15) is 41.7 Å². The summed E-state index contributed by atoms with van der Waals surface area (Å²) in [7, 11) is 0. The largest absolute Gasteiger partial charge is 0.431 e. The normalized spacial score (nSPS) is 15.6. The lowest BCUT2D eigenvalue weighted by Gasteiger charge is -2.11. The molecular formula is C13H14F3N3O3. The molecule has 0 aliphatic heterocycles. The van der Waals surface area contributed by atoms with E-state index in [1.807, 2.05) is 5.43 Å². The van der Waals surface area contributed by atoms with E-state index in [1.54, 1.807) is 4.98 Å². The molecule has 0 saturated heterocycles. The third-order valence-electron chi connectivity index (χ3n) is 3.48. The quantitative estimate of drug-likeness (QED) is 0.719. The smallest absolute Gasteiger partial charge is 0.318 e. The zero-order chi connectivity index (χ0) is 16.3. The van der Waals surface area contributed by atoms with E-state index in [0.717, 1.165) is 31.7 Å². The van der Waals surface area contributed by atoms with E-state index in [1.165, 1.54) is 0 Å². The molecule has 0 radical (unpaired) electrons. The maximum atomic E-state index is 12.4. The number of carbonyl (C=O) groups excluding carboxylic acids is 2. The molecule has 3 N–H and O–H groups in total. The van der Waals surface area contributed by atoms with Gasteiger partial charge in [0.1, 0.15) is 11.3 Å². The Labute approximate surface area is 123 Å². The predicted molar refractivity (Wildman–Crippen MR) is 69.6 cm³/mol. The minimum atomic E-state index is -4.70. The summed E-state index contributed by atoms with van der Waals surface area (Å²) in [6.07, 6.45) is -1.38. The van der Waals surface area contributed by atoms with Gasteiger partial charge in [0.25, 0.3) is 11.5 Å². The zero-order valence-electron chi connectivity index (χ0n) is 11.4. The van der Waals surface area contributed by atoms with Crippen LogP contribution in [-0.4, -0.2) is 16.8 Å². The van der Waals surface area contributed by atoms with Crippen LogP contribution in [0.3, 0.4) is 0 Å². The first-order valence-electron chi connectivity index (χ1n) is 6.70. The molecule has 0 atom stereocenters. The van der Waals surface area contributed by atoms with Gasteiger partial charge in [0, 0.05) is 5.92 Å². The van der Waals surface area contributed by atoms with Crippen LogP contribution < -0.4 is 16.4 Å². The maximum absolute atomic E-state index is 12.4. The second-order valence-corrected chi connectivity index (χ2v) is 5.04. The Kier molecular flexibility index (Phi) is 4.53. The molecule has 120 valence electrons. The van der Waals surface area contributed by atoms with Crippen molar-refractivity contribution in [3.05, 3.63) is 33.7 Å². The van der Waals surface area contributed by atoms with Crippen LogP contribution in [0, 0.1) is 5.92 Å². The van der Waals surface area contributed by atoms with Crippen molar-refractivity contribution < 1.29 is 22.8 Å². The summed E-state index contributed by atoms with van der Waals surface area (Å²) in [5, 5.41) is 0. The van der Waals surface area contributed by atoms with E-state index in [-0.39, 0.29) is 11.8 Å². The lowest BCUT2D eigenvalue weighted by molar-refractivity contribution is -0.141. The Balaban J connectivity index is 2.01. The molecule has 1 aliphatic rings. The van der Waals surface area contributed by atoms with Crippen LogP contribution in [-0.2, 0) is 11.0 Å². The van der Waals surface area contributed by atoms with Gasteiger partial charge in [0.15, 0.2) is 0 Å². The third-order valence-corrected chi connectivity index (χ3v) is 3.48. The molecule has 1 aromatic heterocycles. The fourth-order valence-corrected chi connectivity index (χ4v) is 2.29. The van der Waals surface area contributed by atoms with E-state index in [4.69, 9.17) is 0 Å². The number of aromatic amines is 1. The number of H-pyrrole nitrogens is 1. The summed E-state index contributed by atoms with van der Waals surface area (Å²) in [5.41, 5.74) is 1.28. The van der Waals surface area contributed by atoms with Gasteiger partial charge in [-0.05, 0) is 25.0 Å². The second kappa shape index (κ2) is 6.20. The first-order chi connectivity index (χ1) is 10.3. The Morgan fingerprint density at radius 2 is 1.77 bits per heavy atom. The average molecular weight is 317 g/mol. The van der Waals surface area contributed by atoms with Crippen molar-refractivity contribution in [1.29, 1.82) is 0 Å². The van der Waals surface area contributed by atoms with Gasteiger partial charge in [-0.15, -0.1) is 0 Å². The molecule has 1 heterocycles. The Hall–Kier alpha value is -2.32. The van der Waals surface area contributed by atoms with E-state index in [0.29, 0.717) is 6.07 Å². The lowest BCUT2D eigenvalue weighted by atomic mass is 10.1. The summed E-state index contributed by atoms with van der Waals surface area (Å²) >= 11 is 0. The highest BCUT2D eigenvalue weighted by Gasteiger charge is 2.32. The van der Waals surface area contributed by atoms with Crippen molar-refractivity contribution in [1.82, 2.24) is 15.8 Å². The summed E-state index contributed by atoms with van der Waals surface area (Å²) in [6.45, 7) is 0. The number of nitrogens with one attached hydrogen (secondary N) is 3. The number of hydrazine groups is 1. The number of hydrogen-bond donors (Lipinski definition) is 3. The van der Waals surface area contributed by atoms with Crippen molar-refractivity contribution in [3.8, 4) is 0 Å². The van der Waals surface area contributed by atoms with Gasteiger partial charge in [-0.1, -0.05) is 12.8 Å². The van der Waals surface area contributed by atoms with Gasteiger partial charge in [0.05, 0.1) is 0 Å². The standard InChI is InChI=1S/C13H14F3N3O3/c14-13(15,16)9-6-5-8(11(21)17-9)12(22)19-18-10(20)7-3-1-2-4-7/h5-7H,1-4H2,(H,17,21)(H,18,20)(H,19,22). The van der Waals surface area contributed by atoms with Crippen molar-refractivity contribution in [2.24, 2.45) is 5.92 Å². The lowest BCUT2D eigenvalue weighted by Crippen LogP contribution is -2.45. The third kappa shape index (κ3) is 3.66. The molecule has 1 aliphatic carbocycles. The van der Waals surface area contributed by atoms with Gasteiger partial charge >= 0.3 is 6.18 Å². The molecule has 9 heteroatoms. The van der Waals surface area contributed by atoms with E-state index < -0.39 is 28.9 Å². The number of amides is 2. The second-order valence-electron chi connectivity index (χ2n) is 5.04. The van der Waals surface area contributed by atoms with E-state index in [2.05, 4.69) is 5.43 Å². The van der Waals surface area contributed by atoms with Gasteiger partial charge in [-0.2, -0.15) is 13.2 Å². The number of halogens is 3. The Bertz CT molecular complexity index is 633. The molecule has 1 fully saturated rings. The van der Waals surface area contributed by atoms with Crippen molar-refractivity contribution in [2.45, 2.75) is 31.9 Å². The van der Waals surface area contributed by atoms with Crippen molar-refractivity contribution in [2.75, 3.05) is 0 Å². The minimum absolute atomic E-state index is 0.189. The fourth-order valence-electron chi connectivity index (χ4n) is 2.29. The zero-order valence-corrected chi connectivity index (χ0v) is 11.4. The van der Waals surface area contributed by atoms with Crippen LogP contribution in [0.15, 0.2) is 16.9 Å². The minimum Gasteiger partial charge on any atom is -0.318 e. The number of alkyl halides is 3. The molecule has 6 nitrogen and oxygen atoms in total. The topological polar surface area (TPSA) is 91.1 Å². The highest BCUT2D eigenvalue weighted by Crippen LogP contribution is 2.26. The number of pyridine rings is 1. The van der Waals surface area contributed by atoms with Crippen LogP contribution in [0.2, 0.25) is 0 Å². The molecular weight excluding hydrogens is 303 g/mol. The summed E-state index contributed by atoms with van der Waals surface area (Å²) < 4.78 is 37.2. The number of carbonyl (C=O) groups is 2. The van der Waals surface area contributed by atoms with Crippen molar-refractivity contribution >= 4 is 11.8 Å². The molecule has 22 heavy (non-hydrogen) atoms. The molecule has 0 aromatic carbocycles. The number of aromatic nitrogens is 1. The van der Waals surface area contributed by atoms with Gasteiger partial charge < -0.3 is 4.98 Å². The highest BCUT2D eigenvalue weighted by molar-refractivity contribution is 5.95.